The van der Waals surface area contributed by atoms with Gasteiger partial charge in [-0.25, -0.2) is 8.42 Å². The first-order valence-corrected chi connectivity index (χ1v) is 5.91. The number of aryl methyl sites for hydroxylation is 1. The van der Waals surface area contributed by atoms with E-state index in [4.69, 9.17) is 0 Å². The third-order valence-corrected chi connectivity index (χ3v) is 1.96. The molecule has 0 saturated heterocycles. The average molecular weight is 203 g/mol. The van der Waals surface area contributed by atoms with Crippen molar-refractivity contribution in [3.63, 3.8) is 0 Å². The van der Waals surface area contributed by atoms with Gasteiger partial charge in [0.2, 0.25) is 10.0 Å². The Kier molecular flexibility index (Phi) is 2.92. The summed E-state index contributed by atoms with van der Waals surface area (Å²) in [5, 5.41) is 4.01. The number of anilines is 1. The van der Waals surface area contributed by atoms with Crippen molar-refractivity contribution in [1.29, 1.82) is 0 Å². The minimum Gasteiger partial charge on any atom is -0.271 e. The molecule has 0 aliphatic carbocycles. The number of sulfonamides is 1. The number of hydrogen-bond acceptors (Lipinski definition) is 3. The third-order valence-electron chi connectivity index (χ3n) is 1.38. The van der Waals surface area contributed by atoms with Gasteiger partial charge >= 0.3 is 0 Å². The lowest BCUT2D eigenvalue weighted by Crippen LogP contribution is -2.10. The van der Waals surface area contributed by atoms with Gasteiger partial charge in [0.15, 0.2) is 5.82 Å². The largest absolute Gasteiger partial charge is 0.271 e. The van der Waals surface area contributed by atoms with E-state index >= 15 is 0 Å². The van der Waals surface area contributed by atoms with Crippen LogP contribution in [0.5, 0.6) is 0 Å². The predicted octanol–water partition coefficient (Wildman–Crippen LogP) is 0.665. The standard InChI is InChI=1S/C7H13N3O2S/c1-3-5-10-6-4-7(8-10)9-13(2,11)12/h4,6H,3,5H2,1-2H3,(H,8,9). The molecule has 1 aromatic heterocycles. The molecular weight excluding hydrogens is 190 g/mol. The van der Waals surface area contributed by atoms with Crippen LogP contribution in [0, 0.1) is 0 Å². The van der Waals surface area contributed by atoms with Crippen LogP contribution >= 0.6 is 0 Å². The van der Waals surface area contributed by atoms with Gasteiger partial charge in [-0.05, 0) is 6.42 Å². The van der Waals surface area contributed by atoms with Crippen LogP contribution in [0.4, 0.5) is 5.82 Å². The van der Waals surface area contributed by atoms with E-state index in [0.29, 0.717) is 5.82 Å². The third kappa shape index (κ3) is 3.45. The maximum Gasteiger partial charge on any atom is 0.231 e. The SMILES string of the molecule is CCCn1ccc(NS(C)(=O)=O)n1. The summed E-state index contributed by atoms with van der Waals surface area (Å²) in [5.41, 5.74) is 0. The summed E-state index contributed by atoms with van der Waals surface area (Å²) in [7, 11) is -3.20. The summed E-state index contributed by atoms with van der Waals surface area (Å²) in [6.07, 6.45) is 3.82. The Balaban J connectivity index is 2.69. The predicted molar refractivity (Wildman–Crippen MR) is 51.0 cm³/mol. The normalized spacial score (nSPS) is 11.5. The molecule has 6 heteroatoms. The molecule has 0 aliphatic heterocycles. The fourth-order valence-corrected chi connectivity index (χ4v) is 1.45. The molecule has 1 rings (SSSR count). The number of nitrogens with one attached hydrogen (secondary N) is 1. The Hall–Kier alpha value is -1.04. The maximum absolute atomic E-state index is 10.8. The number of nitrogens with zero attached hydrogens (tertiary/aromatic N) is 2. The zero-order valence-electron chi connectivity index (χ0n) is 7.69. The highest BCUT2D eigenvalue weighted by atomic mass is 32.2. The molecule has 1 aromatic rings. The molecular formula is C7H13N3O2S. The van der Waals surface area contributed by atoms with E-state index in [1.807, 2.05) is 6.92 Å². The van der Waals surface area contributed by atoms with Crippen LogP contribution in [0.2, 0.25) is 0 Å². The first kappa shape index (κ1) is 10.0. The Morgan fingerprint density at radius 3 is 2.85 bits per heavy atom. The van der Waals surface area contributed by atoms with Crippen molar-refractivity contribution in [2.45, 2.75) is 19.9 Å². The van der Waals surface area contributed by atoms with Crippen LogP contribution in [0.3, 0.4) is 0 Å². The second-order valence-corrected chi connectivity index (χ2v) is 4.59. The van der Waals surface area contributed by atoms with Crippen molar-refractivity contribution in [3.05, 3.63) is 12.3 Å². The van der Waals surface area contributed by atoms with E-state index in [-0.39, 0.29) is 0 Å². The molecule has 0 atom stereocenters. The highest BCUT2D eigenvalue weighted by Gasteiger charge is 2.03. The van der Waals surface area contributed by atoms with Gasteiger partial charge in [0.1, 0.15) is 0 Å². The van der Waals surface area contributed by atoms with E-state index < -0.39 is 10.0 Å². The Morgan fingerprint density at radius 2 is 2.31 bits per heavy atom. The van der Waals surface area contributed by atoms with Crippen LogP contribution in [-0.2, 0) is 16.6 Å². The molecule has 13 heavy (non-hydrogen) atoms. The Morgan fingerprint density at radius 1 is 1.62 bits per heavy atom. The number of rotatable bonds is 4. The maximum atomic E-state index is 10.8. The van der Waals surface area contributed by atoms with E-state index in [2.05, 4.69) is 9.82 Å². The second kappa shape index (κ2) is 3.78. The van der Waals surface area contributed by atoms with Crippen molar-refractivity contribution in [2.75, 3.05) is 11.0 Å². The van der Waals surface area contributed by atoms with Crippen LogP contribution < -0.4 is 4.72 Å². The van der Waals surface area contributed by atoms with Crippen LogP contribution in [0.1, 0.15) is 13.3 Å². The van der Waals surface area contributed by atoms with E-state index in [1.54, 1.807) is 16.9 Å². The van der Waals surface area contributed by atoms with Crippen molar-refractivity contribution in [1.82, 2.24) is 9.78 Å². The minimum atomic E-state index is -3.20. The van der Waals surface area contributed by atoms with Gasteiger partial charge in [-0.15, -0.1) is 0 Å². The molecule has 5 nitrogen and oxygen atoms in total. The monoisotopic (exact) mass is 203 g/mol. The molecule has 0 saturated carbocycles. The molecule has 0 amide bonds. The summed E-state index contributed by atoms with van der Waals surface area (Å²) in [4.78, 5) is 0. The zero-order chi connectivity index (χ0) is 9.90. The molecule has 0 aliphatic rings. The average Bonchev–Trinajstić information content (AvgIpc) is 2.33. The van der Waals surface area contributed by atoms with Crippen molar-refractivity contribution >= 4 is 15.8 Å². The number of hydrogen-bond donors (Lipinski definition) is 1. The summed E-state index contributed by atoms with van der Waals surface area (Å²) < 4.78 is 25.6. The molecule has 74 valence electrons. The van der Waals surface area contributed by atoms with E-state index in [1.165, 1.54) is 0 Å². The van der Waals surface area contributed by atoms with Gasteiger partial charge < -0.3 is 0 Å². The Bertz CT molecular complexity index is 369. The fraction of sp³-hybridized carbons (Fsp3) is 0.571. The molecule has 0 spiro atoms. The molecule has 0 bridgehead atoms. The molecule has 0 fully saturated rings. The van der Waals surface area contributed by atoms with Crippen molar-refractivity contribution < 1.29 is 8.42 Å². The summed E-state index contributed by atoms with van der Waals surface area (Å²) in [6.45, 7) is 2.83. The first-order chi connectivity index (χ1) is 6.01. The van der Waals surface area contributed by atoms with E-state index in [0.717, 1.165) is 19.2 Å². The van der Waals surface area contributed by atoms with Crippen molar-refractivity contribution in [2.24, 2.45) is 0 Å². The second-order valence-electron chi connectivity index (χ2n) is 2.84. The van der Waals surface area contributed by atoms with Gasteiger partial charge in [0.05, 0.1) is 6.26 Å². The lowest BCUT2D eigenvalue weighted by atomic mass is 10.5. The lowest BCUT2D eigenvalue weighted by molar-refractivity contribution is 0.600. The molecule has 0 aromatic carbocycles. The summed E-state index contributed by atoms with van der Waals surface area (Å²) >= 11 is 0. The van der Waals surface area contributed by atoms with Crippen LogP contribution in [-0.4, -0.2) is 24.5 Å². The lowest BCUT2D eigenvalue weighted by Gasteiger charge is -1.98. The van der Waals surface area contributed by atoms with Crippen LogP contribution in [0.15, 0.2) is 12.3 Å². The van der Waals surface area contributed by atoms with Gasteiger partial charge in [0.25, 0.3) is 0 Å². The first-order valence-electron chi connectivity index (χ1n) is 4.02. The highest BCUT2D eigenvalue weighted by molar-refractivity contribution is 7.92. The van der Waals surface area contributed by atoms with Gasteiger partial charge in [-0.3, -0.25) is 9.40 Å². The van der Waals surface area contributed by atoms with Gasteiger partial charge in [-0.2, -0.15) is 5.10 Å². The quantitative estimate of drug-likeness (QED) is 0.782. The highest BCUT2D eigenvalue weighted by Crippen LogP contribution is 2.04. The Labute approximate surface area is 77.8 Å². The smallest absolute Gasteiger partial charge is 0.231 e. The fourth-order valence-electron chi connectivity index (χ4n) is 0.960. The topological polar surface area (TPSA) is 64.0 Å². The van der Waals surface area contributed by atoms with Gasteiger partial charge in [0, 0.05) is 18.8 Å². The van der Waals surface area contributed by atoms with Gasteiger partial charge in [-0.1, -0.05) is 6.92 Å². The number of aromatic nitrogens is 2. The minimum absolute atomic E-state index is 0.371. The molecule has 0 radical (unpaired) electrons. The molecule has 0 unspecified atom stereocenters. The van der Waals surface area contributed by atoms with Crippen molar-refractivity contribution in [3.8, 4) is 0 Å². The van der Waals surface area contributed by atoms with Crippen LogP contribution in [0.25, 0.3) is 0 Å². The van der Waals surface area contributed by atoms with E-state index in [9.17, 15) is 8.42 Å². The molecule has 1 N–H and O–H groups in total. The summed E-state index contributed by atoms with van der Waals surface area (Å²) in [5.74, 6) is 0.371. The molecule has 1 heterocycles. The summed E-state index contributed by atoms with van der Waals surface area (Å²) in [6, 6.07) is 1.64. The zero-order valence-corrected chi connectivity index (χ0v) is 8.50.